The molecule has 0 N–H and O–H groups in total. The zero-order valence-electron chi connectivity index (χ0n) is 13.8. The lowest BCUT2D eigenvalue weighted by Crippen LogP contribution is -2.33. The molecule has 1 aliphatic rings. The van der Waals surface area contributed by atoms with Gasteiger partial charge in [-0.05, 0) is 62.1 Å². The zero-order chi connectivity index (χ0) is 15.9. The topological polar surface area (TPSA) is 37.4 Å². The van der Waals surface area contributed by atoms with Gasteiger partial charge in [-0.3, -0.25) is 4.79 Å². The van der Waals surface area contributed by atoms with Gasteiger partial charge >= 0.3 is 0 Å². The summed E-state index contributed by atoms with van der Waals surface area (Å²) in [6, 6.07) is 6.56. The van der Waals surface area contributed by atoms with Crippen molar-refractivity contribution in [1.82, 2.24) is 4.90 Å². The second-order valence-corrected chi connectivity index (χ2v) is 6.51. The average molecular weight is 301 g/mol. The van der Waals surface area contributed by atoms with Gasteiger partial charge < -0.3 is 9.69 Å². The molecule has 0 saturated heterocycles. The Morgan fingerprint density at radius 2 is 2.00 bits per heavy atom. The number of hydrogen-bond donors (Lipinski definition) is 0. The Bertz CT molecular complexity index is 520. The standard InChI is InChI=1S/C19H27NO2/c1-15-6-7-17(13-16(15)2)5-3-10-20(11-4-12-21)19(22)14-18-8-9-18/h6-7,12-13,18H,3-5,8-11,14H2,1-2H3. The number of nitrogens with zero attached hydrogens (tertiary/aromatic N) is 1. The number of benzene rings is 1. The van der Waals surface area contributed by atoms with Gasteiger partial charge in [-0.15, -0.1) is 0 Å². The van der Waals surface area contributed by atoms with Gasteiger partial charge in [0.05, 0.1) is 0 Å². The van der Waals surface area contributed by atoms with Crippen LogP contribution < -0.4 is 0 Å². The molecule has 120 valence electrons. The molecule has 1 fully saturated rings. The van der Waals surface area contributed by atoms with Crippen LogP contribution in [0.25, 0.3) is 0 Å². The van der Waals surface area contributed by atoms with Crippen LogP contribution >= 0.6 is 0 Å². The number of carbonyl (C=O) groups excluding carboxylic acids is 2. The lowest BCUT2D eigenvalue weighted by molar-refractivity contribution is -0.131. The molecule has 22 heavy (non-hydrogen) atoms. The quantitative estimate of drug-likeness (QED) is 0.655. The van der Waals surface area contributed by atoms with Crippen molar-refractivity contribution in [3.8, 4) is 0 Å². The second kappa shape index (κ2) is 8.11. The summed E-state index contributed by atoms with van der Waals surface area (Å²) in [7, 11) is 0. The Morgan fingerprint density at radius 3 is 2.64 bits per heavy atom. The molecule has 0 radical (unpaired) electrons. The highest BCUT2D eigenvalue weighted by molar-refractivity contribution is 5.77. The highest BCUT2D eigenvalue weighted by Crippen LogP contribution is 2.32. The van der Waals surface area contributed by atoms with E-state index in [0.717, 1.165) is 25.7 Å². The first-order valence-corrected chi connectivity index (χ1v) is 8.37. The van der Waals surface area contributed by atoms with E-state index < -0.39 is 0 Å². The van der Waals surface area contributed by atoms with Crippen LogP contribution in [0.15, 0.2) is 18.2 Å². The second-order valence-electron chi connectivity index (χ2n) is 6.51. The maximum absolute atomic E-state index is 12.3. The van der Waals surface area contributed by atoms with E-state index in [1.165, 1.54) is 29.5 Å². The monoisotopic (exact) mass is 301 g/mol. The van der Waals surface area contributed by atoms with Crippen LogP contribution in [0.3, 0.4) is 0 Å². The summed E-state index contributed by atoms with van der Waals surface area (Å²) in [5.74, 6) is 0.829. The minimum Gasteiger partial charge on any atom is -0.342 e. The van der Waals surface area contributed by atoms with Crippen molar-refractivity contribution in [2.75, 3.05) is 13.1 Å². The summed E-state index contributed by atoms with van der Waals surface area (Å²) >= 11 is 0. The lowest BCUT2D eigenvalue weighted by atomic mass is 10.0. The molecular weight excluding hydrogens is 274 g/mol. The molecule has 1 aromatic carbocycles. The van der Waals surface area contributed by atoms with Gasteiger partial charge in [-0.1, -0.05) is 18.2 Å². The molecule has 1 saturated carbocycles. The van der Waals surface area contributed by atoms with Crippen LogP contribution in [0.5, 0.6) is 0 Å². The average Bonchev–Trinajstić information content (AvgIpc) is 3.30. The Kier molecular flexibility index (Phi) is 6.17. The number of rotatable bonds is 9. The maximum Gasteiger partial charge on any atom is 0.222 e. The molecule has 0 aliphatic heterocycles. The molecule has 0 atom stereocenters. The van der Waals surface area contributed by atoms with Gasteiger partial charge in [0.25, 0.3) is 0 Å². The molecule has 1 amide bonds. The van der Waals surface area contributed by atoms with Gasteiger partial charge in [0.2, 0.25) is 5.91 Å². The number of aryl methyl sites for hydroxylation is 3. The fourth-order valence-corrected chi connectivity index (χ4v) is 2.70. The van der Waals surface area contributed by atoms with E-state index in [-0.39, 0.29) is 5.91 Å². The molecule has 0 heterocycles. The van der Waals surface area contributed by atoms with Crippen LogP contribution in [0.4, 0.5) is 0 Å². The molecule has 3 heteroatoms. The van der Waals surface area contributed by atoms with Crippen LogP contribution in [-0.2, 0) is 16.0 Å². The lowest BCUT2D eigenvalue weighted by Gasteiger charge is -2.22. The van der Waals surface area contributed by atoms with Crippen LogP contribution in [0.1, 0.15) is 48.8 Å². The SMILES string of the molecule is Cc1ccc(CCCN(CCC=O)C(=O)CC2CC2)cc1C. The van der Waals surface area contributed by atoms with Crippen molar-refractivity contribution < 1.29 is 9.59 Å². The van der Waals surface area contributed by atoms with E-state index in [1.807, 2.05) is 4.90 Å². The highest BCUT2D eigenvalue weighted by atomic mass is 16.2. The van der Waals surface area contributed by atoms with Gasteiger partial charge in [0.1, 0.15) is 6.29 Å². The summed E-state index contributed by atoms with van der Waals surface area (Å²) < 4.78 is 0. The fourth-order valence-electron chi connectivity index (χ4n) is 2.70. The smallest absolute Gasteiger partial charge is 0.222 e. The van der Waals surface area contributed by atoms with Crippen molar-refractivity contribution in [2.24, 2.45) is 5.92 Å². The van der Waals surface area contributed by atoms with Crippen LogP contribution in [0.2, 0.25) is 0 Å². The summed E-state index contributed by atoms with van der Waals surface area (Å²) in [6.07, 6.45) is 6.34. The van der Waals surface area contributed by atoms with E-state index in [9.17, 15) is 9.59 Å². The van der Waals surface area contributed by atoms with Crippen molar-refractivity contribution in [2.45, 2.75) is 52.4 Å². The summed E-state index contributed by atoms with van der Waals surface area (Å²) in [5, 5.41) is 0. The van der Waals surface area contributed by atoms with Crippen molar-refractivity contribution >= 4 is 12.2 Å². The predicted octanol–water partition coefficient (Wildman–Crippen LogP) is 3.45. The van der Waals surface area contributed by atoms with Crippen molar-refractivity contribution in [3.63, 3.8) is 0 Å². The van der Waals surface area contributed by atoms with Crippen LogP contribution in [-0.4, -0.2) is 30.2 Å². The van der Waals surface area contributed by atoms with Gasteiger partial charge in [-0.25, -0.2) is 0 Å². The van der Waals surface area contributed by atoms with E-state index >= 15 is 0 Å². The zero-order valence-corrected chi connectivity index (χ0v) is 13.8. The molecule has 0 spiro atoms. The number of aldehydes is 1. The molecule has 0 aromatic heterocycles. The third kappa shape index (κ3) is 5.28. The van der Waals surface area contributed by atoms with E-state index in [0.29, 0.717) is 25.3 Å². The summed E-state index contributed by atoms with van der Waals surface area (Å²) in [4.78, 5) is 24.7. The summed E-state index contributed by atoms with van der Waals surface area (Å²) in [5.41, 5.74) is 3.96. The van der Waals surface area contributed by atoms with Crippen molar-refractivity contribution in [1.29, 1.82) is 0 Å². The third-order valence-electron chi connectivity index (χ3n) is 4.49. The predicted molar refractivity (Wildman–Crippen MR) is 88.8 cm³/mol. The first-order chi connectivity index (χ1) is 10.6. The first-order valence-electron chi connectivity index (χ1n) is 8.37. The minimum absolute atomic E-state index is 0.226. The Labute approximate surface area is 133 Å². The van der Waals surface area contributed by atoms with E-state index in [1.54, 1.807) is 0 Å². The first kappa shape index (κ1) is 16.7. The van der Waals surface area contributed by atoms with Gasteiger partial charge in [-0.2, -0.15) is 0 Å². The number of amides is 1. The number of carbonyl (C=O) groups is 2. The molecule has 1 aromatic rings. The largest absolute Gasteiger partial charge is 0.342 e. The molecule has 0 bridgehead atoms. The fraction of sp³-hybridized carbons (Fsp3) is 0.579. The molecular formula is C19H27NO2. The van der Waals surface area contributed by atoms with Gasteiger partial charge in [0, 0.05) is 25.9 Å². The van der Waals surface area contributed by atoms with E-state index in [2.05, 4.69) is 32.0 Å². The van der Waals surface area contributed by atoms with Crippen molar-refractivity contribution in [3.05, 3.63) is 34.9 Å². The molecule has 2 rings (SSSR count). The summed E-state index contributed by atoms with van der Waals surface area (Å²) in [6.45, 7) is 5.58. The third-order valence-corrected chi connectivity index (χ3v) is 4.49. The maximum atomic E-state index is 12.3. The molecule has 3 nitrogen and oxygen atoms in total. The normalized spacial score (nSPS) is 13.9. The molecule has 1 aliphatic carbocycles. The number of hydrogen-bond acceptors (Lipinski definition) is 2. The van der Waals surface area contributed by atoms with Crippen LogP contribution in [0, 0.1) is 19.8 Å². The Balaban J connectivity index is 1.82. The minimum atomic E-state index is 0.226. The highest BCUT2D eigenvalue weighted by Gasteiger charge is 2.26. The Morgan fingerprint density at radius 1 is 1.23 bits per heavy atom. The van der Waals surface area contributed by atoms with E-state index in [4.69, 9.17) is 0 Å². The Hall–Kier alpha value is -1.64. The molecule has 0 unspecified atom stereocenters. The van der Waals surface area contributed by atoms with Gasteiger partial charge in [0.15, 0.2) is 0 Å².